The third-order valence-corrected chi connectivity index (χ3v) is 9.87. The van der Waals surface area contributed by atoms with Gasteiger partial charge < -0.3 is 14.8 Å². The van der Waals surface area contributed by atoms with Crippen LogP contribution in [0.4, 0.5) is 5.69 Å². The second-order valence-corrected chi connectivity index (χ2v) is 12.9. The summed E-state index contributed by atoms with van der Waals surface area (Å²) < 4.78 is 37.2. The molecule has 0 aliphatic carbocycles. The van der Waals surface area contributed by atoms with Crippen LogP contribution < -0.4 is 10.1 Å². The summed E-state index contributed by atoms with van der Waals surface area (Å²) in [5.41, 5.74) is 5.90. The van der Waals surface area contributed by atoms with Crippen molar-refractivity contribution >= 4 is 27.5 Å². The Kier molecular flexibility index (Phi) is 7.49. The number of rotatable bonds is 6. The third kappa shape index (κ3) is 5.70. The lowest BCUT2D eigenvalue weighted by atomic mass is 9.99. The summed E-state index contributed by atoms with van der Waals surface area (Å²) in [6, 6.07) is 19.8. The molecule has 0 bridgehead atoms. The van der Waals surface area contributed by atoms with E-state index < -0.39 is 9.84 Å². The number of sulfone groups is 1. The number of ether oxygens (including phenoxy) is 2. The molecule has 1 fully saturated rings. The molecule has 0 radical (unpaired) electrons. The molecule has 0 atom stereocenters. The Morgan fingerprint density at radius 3 is 2.50 bits per heavy atom. The SMILES string of the molecule is CN(Cc1ccc(NC(=O)C2=Cc3cc(-c4ccc5c(c4)CCO5)ccc3S(=O)(=O)CC2)cc1)C1CCOCC1. The highest BCUT2D eigenvalue weighted by Crippen LogP contribution is 2.34. The molecule has 1 N–H and O–H groups in total. The quantitative estimate of drug-likeness (QED) is 0.453. The van der Waals surface area contributed by atoms with Crippen molar-refractivity contribution < 1.29 is 22.7 Å². The molecule has 6 rings (SSSR count). The van der Waals surface area contributed by atoms with Crippen molar-refractivity contribution in [3.05, 3.63) is 82.9 Å². The summed E-state index contributed by atoms with van der Waals surface area (Å²) >= 11 is 0. The molecule has 1 amide bonds. The van der Waals surface area contributed by atoms with E-state index >= 15 is 0 Å². The van der Waals surface area contributed by atoms with Crippen LogP contribution in [-0.4, -0.2) is 57.9 Å². The monoisotopic (exact) mass is 558 g/mol. The van der Waals surface area contributed by atoms with Crippen molar-refractivity contribution in [1.29, 1.82) is 0 Å². The van der Waals surface area contributed by atoms with E-state index in [1.807, 2.05) is 48.5 Å². The van der Waals surface area contributed by atoms with E-state index in [1.165, 1.54) is 5.56 Å². The second kappa shape index (κ2) is 11.2. The van der Waals surface area contributed by atoms with Crippen molar-refractivity contribution in [2.75, 3.05) is 37.9 Å². The molecule has 208 valence electrons. The third-order valence-electron chi connectivity index (χ3n) is 8.09. The predicted octanol–water partition coefficient (Wildman–Crippen LogP) is 5.10. The highest BCUT2D eigenvalue weighted by Gasteiger charge is 2.25. The van der Waals surface area contributed by atoms with Gasteiger partial charge in [-0.15, -0.1) is 0 Å². The summed E-state index contributed by atoms with van der Waals surface area (Å²) in [4.78, 5) is 15.9. The van der Waals surface area contributed by atoms with E-state index in [2.05, 4.69) is 23.3 Å². The zero-order valence-electron chi connectivity index (χ0n) is 22.7. The Morgan fingerprint density at radius 1 is 0.950 bits per heavy atom. The van der Waals surface area contributed by atoms with Crippen molar-refractivity contribution in [2.24, 2.45) is 0 Å². The number of carbonyl (C=O) groups excluding carboxylic acids is 1. The lowest BCUT2D eigenvalue weighted by molar-refractivity contribution is -0.112. The maximum Gasteiger partial charge on any atom is 0.251 e. The predicted molar refractivity (Wildman–Crippen MR) is 156 cm³/mol. The first kappa shape index (κ1) is 26.7. The molecule has 1 saturated heterocycles. The van der Waals surface area contributed by atoms with Gasteiger partial charge in [0.05, 0.1) is 17.3 Å². The number of amides is 1. The fraction of sp³-hybridized carbons (Fsp3) is 0.344. The lowest BCUT2D eigenvalue weighted by Gasteiger charge is -2.31. The van der Waals surface area contributed by atoms with Crippen LogP contribution in [0.15, 0.2) is 71.1 Å². The maximum atomic E-state index is 13.3. The largest absolute Gasteiger partial charge is 0.493 e. The van der Waals surface area contributed by atoms with Crippen molar-refractivity contribution in [2.45, 2.75) is 43.2 Å². The van der Waals surface area contributed by atoms with Crippen LogP contribution >= 0.6 is 0 Å². The van der Waals surface area contributed by atoms with Crippen LogP contribution in [-0.2, 0) is 32.3 Å². The van der Waals surface area contributed by atoms with Crippen LogP contribution in [0.2, 0.25) is 0 Å². The topological polar surface area (TPSA) is 84.9 Å². The van der Waals surface area contributed by atoms with Crippen LogP contribution in [0.1, 0.15) is 36.0 Å². The lowest BCUT2D eigenvalue weighted by Crippen LogP contribution is -2.36. The van der Waals surface area contributed by atoms with Gasteiger partial charge in [-0.1, -0.05) is 24.3 Å². The number of hydrogen-bond donors (Lipinski definition) is 1. The van der Waals surface area contributed by atoms with Crippen molar-refractivity contribution in [3.63, 3.8) is 0 Å². The molecule has 8 heteroatoms. The zero-order chi connectivity index (χ0) is 27.7. The number of benzene rings is 3. The Hall–Kier alpha value is -3.46. The number of anilines is 1. The molecule has 3 heterocycles. The van der Waals surface area contributed by atoms with Gasteiger partial charge in [0, 0.05) is 43.5 Å². The first-order valence-corrected chi connectivity index (χ1v) is 15.5. The van der Waals surface area contributed by atoms with E-state index in [0.717, 1.165) is 61.5 Å². The number of carbonyl (C=O) groups is 1. The Labute approximate surface area is 235 Å². The highest BCUT2D eigenvalue weighted by atomic mass is 32.2. The second-order valence-electron chi connectivity index (χ2n) is 10.8. The molecule has 3 aromatic rings. The zero-order valence-corrected chi connectivity index (χ0v) is 23.5. The van der Waals surface area contributed by atoms with E-state index in [1.54, 1.807) is 12.1 Å². The molecule has 40 heavy (non-hydrogen) atoms. The molecule has 7 nitrogen and oxygen atoms in total. The Morgan fingerprint density at radius 2 is 1.70 bits per heavy atom. The summed E-state index contributed by atoms with van der Waals surface area (Å²) in [6.45, 7) is 3.13. The van der Waals surface area contributed by atoms with Gasteiger partial charge in [-0.3, -0.25) is 9.69 Å². The summed E-state index contributed by atoms with van der Waals surface area (Å²) in [6.07, 6.45) is 4.83. The standard InChI is InChI=1S/C32H34N2O5S/c1-34(29-11-14-38-15-12-29)21-22-2-6-28(7-3-22)33-32(35)26-13-17-40(36,37)31-9-5-24(19-27(31)20-26)23-4-8-30-25(18-23)10-16-39-30/h2-9,18-20,29H,10-17,21H2,1H3,(H,33,35). The summed E-state index contributed by atoms with van der Waals surface area (Å²) in [5.74, 6) is 0.515. The normalized spacial score (nSPS) is 18.3. The number of nitrogens with one attached hydrogen (secondary N) is 1. The van der Waals surface area contributed by atoms with E-state index in [9.17, 15) is 13.2 Å². The summed E-state index contributed by atoms with van der Waals surface area (Å²) in [5, 5.41) is 2.97. The number of fused-ring (bicyclic) bond motifs is 2. The Balaban J connectivity index is 1.19. The molecule has 0 saturated carbocycles. The number of hydrogen-bond acceptors (Lipinski definition) is 6. The molecule has 0 spiro atoms. The molecular formula is C32H34N2O5S. The highest BCUT2D eigenvalue weighted by molar-refractivity contribution is 7.91. The minimum absolute atomic E-state index is 0.105. The van der Waals surface area contributed by atoms with Crippen molar-refractivity contribution in [1.82, 2.24) is 4.90 Å². The van der Waals surface area contributed by atoms with Gasteiger partial charge in [-0.05, 0) is 96.6 Å². The minimum atomic E-state index is -3.52. The smallest absolute Gasteiger partial charge is 0.251 e. The molecular weight excluding hydrogens is 524 g/mol. The minimum Gasteiger partial charge on any atom is -0.493 e. The van der Waals surface area contributed by atoms with Gasteiger partial charge in [0.2, 0.25) is 0 Å². The summed E-state index contributed by atoms with van der Waals surface area (Å²) in [7, 11) is -1.38. The molecule has 3 aliphatic rings. The van der Waals surface area contributed by atoms with Gasteiger partial charge in [0.15, 0.2) is 9.84 Å². The fourth-order valence-corrected chi connectivity index (χ4v) is 7.19. The Bertz CT molecular complexity index is 1560. The van der Waals surface area contributed by atoms with Gasteiger partial charge >= 0.3 is 0 Å². The van der Waals surface area contributed by atoms with Crippen LogP contribution in [0.3, 0.4) is 0 Å². The first-order chi connectivity index (χ1) is 19.4. The van der Waals surface area contributed by atoms with Gasteiger partial charge in [-0.25, -0.2) is 8.42 Å². The number of nitrogens with zero attached hydrogens (tertiary/aromatic N) is 1. The van der Waals surface area contributed by atoms with E-state index in [-0.39, 0.29) is 23.0 Å². The molecule has 0 unspecified atom stereocenters. The molecule has 3 aliphatic heterocycles. The van der Waals surface area contributed by atoms with Crippen molar-refractivity contribution in [3.8, 4) is 16.9 Å². The maximum absolute atomic E-state index is 13.3. The van der Waals surface area contributed by atoms with Gasteiger partial charge in [0.1, 0.15) is 5.75 Å². The molecule has 3 aromatic carbocycles. The van der Waals surface area contributed by atoms with Crippen LogP contribution in [0.25, 0.3) is 17.2 Å². The van der Waals surface area contributed by atoms with Crippen LogP contribution in [0.5, 0.6) is 5.75 Å². The fourth-order valence-electron chi connectivity index (χ4n) is 5.73. The van der Waals surface area contributed by atoms with E-state index in [0.29, 0.717) is 29.5 Å². The first-order valence-electron chi connectivity index (χ1n) is 13.9. The average molecular weight is 559 g/mol. The van der Waals surface area contributed by atoms with Gasteiger partial charge in [0.25, 0.3) is 5.91 Å². The van der Waals surface area contributed by atoms with Crippen LogP contribution in [0, 0.1) is 0 Å². The van der Waals surface area contributed by atoms with E-state index in [4.69, 9.17) is 9.47 Å². The molecule has 0 aromatic heterocycles. The van der Waals surface area contributed by atoms with Gasteiger partial charge in [-0.2, -0.15) is 0 Å². The average Bonchev–Trinajstić information content (AvgIpc) is 3.39.